The van der Waals surface area contributed by atoms with E-state index in [1.165, 1.54) is 18.0 Å². The van der Waals surface area contributed by atoms with Crippen LogP contribution in [0.2, 0.25) is 0 Å². The van der Waals surface area contributed by atoms with E-state index in [1.54, 1.807) is 6.07 Å². The number of likely N-dealkylation sites (N-methyl/N-ethyl adjacent to an activating group) is 1. The quantitative estimate of drug-likeness (QED) is 0.904. The van der Waals surface area contributed by atoms with Crippen molar-refractivity contribution in [2.45, 2.75) is 20.8 Å². The van der Waals surface area contributed by atoms with Crippen LogP contribution in [0.25, 0.3) is 0 Å². The van der Waals surface area contributed by atoms with Crippen molar-refractivity contribution in [1.29, 1.82) is 0 Å². The fourth-order valence-electron chi connectivity index (χ4n) is 3.15. The maximum atomic E-state index is 12.7. The number of pyridine rings is 1. The van der Waals surface area contributed by atoms with Gasteiger partial charge in [0.1, 0.15) is 0 Å². The molecule has 1 N–H and O–H groups in total. The Bertz CT molecular complexity index is 842. The van der Waals surface area contributed by atoms with Gasteiger partial charge in [0.05, 0.1) is 11.1 Å². The molecule has 1 aliphatic rings. The van der Waals surface area contributed by atoms with Gasteiger partial charge in [0.2, 0.25) is 0 Å². The summed E-state index contributed by atoms with van der Waals surface area (Å²) >= 11 is 0. The lowest BCUT2D eigenvalue weighted by Crippen LogP contribution is -2.48. The first-order valence-corrected chi connectivity index (χ1v) is 9.33. The molecule has 1 saturated heterocycles. The smallest absolute Gasteiger partial charge is 0.257 e. The Kier molecular flexibility index (Phi) is 5.86. The number of anilines is 1. The first kappa shape index (κ1) is 19.0. The molecule has 2 aromatic rings. The fraction of sp³-hybridized carbons (Fsp3) is 0.381. The zero-order chi connectivity index (χ0) is 19.4. The highest BCUT2D eigenvalue weighted by atomic mass is 16.2. The zero-order valence-corrected chi connectivity index (χ0v) is 16.2. The van der Waals surface area contributed by atoms with Gasteiger partial charge in [-0.3, -0.25) is 14.6 Å². The van der Waals surface area contributed by atoms with Crippen LogP contribution in [-0.4, -0.2) is 59.3 Å². The lowest BCUT2D eigenvalue weighted by atomic mass is 10.1. The summed E-state index contributed by atoms with van der Waals surface area (Å²) in [5.41, 5.74) is 3.85. The molecule has 6 nitrogen and oxygen atoms in total. The molecule has 0 radical (unpaired) electrons. The Morgan fingerprint density at radius 2 is 1.70 bits per heavy atom. The van der Waals surface area contributed by atoms with Crippen LogP contribution in [0, 0.1) is 13.8 Å². The summed E-state index contributed by atoms with van der Waals surface area (Å²) < 4.78 is 0. The van der Waals surface area contributed by atoms with Crippen LogP contribution in [-0.2, 0) is 0 Å². The molecule has 2 amide bonds. The van der Waals surface area contributed by atoms with Crippen LogP contribution in [0.5, 0.6) is 0 Å². The van der Waals surface area contributed by atoms with Crippen LogP contribution < -0.4 is 5.32 Å². The molecule has 1 aliphatic heterocycles. The number of carbonyl (C=O) groups is 2. The van der Waals surface area contributed by atoms with Gasteiger partial charge in [0, 0.05) is 44.3 Å². The molecule has 0 atom stereocenters. The topological polar surface area (TPSA) is 65.5 Å². The predicted octanol–water partition coefficient (Wildman–Crippen LogP) is 2.73. The van der Waals surface area contributed by atoms with E-state index in [2.05, 4.69) is 22.1 Å². The lowest BCUT2D eigenvalue weighted by Gasteiger charge is -2.34. The number of carbonyl (C=O) groups excluding carboxylic acids is 2. The van der Waals surface area contributed by atoms with Crippen LogP contribution >= 0.6 is 0 Å². The normalized spacial score (nSPS) is 14.9. The summed E-state index contributed by atoms with van der Waals surface area (Å²) in [6.07, 6.45) is 3.02. The number of rotatable bonds is 4. The van der Waals surface area contributed by atoms with Crippen LogP contribution in [0.3, 0.4) is 0 Å². The number of piperazine rings is 1. The second-order valence-corrected chi connectivity index (χ2v) is 6.94. The van der Waals surface area contributed by atoms with Crippen molar-refractivity contribution in [3.05, 3.63) is 58.9 Å². The molecule has 0 bridgehead atoms. The number of amides is 2. The van der Waals surface area contributed by atoms with Gasteiger partial charge in [-0.15, -0.1) is 0 Å². The number of nitrogens with one attached hydrogen (secondary N) is 1. The lowest BCUT2D eigenvalue weighted by molar-refractivity contribution is 0.0643. The first-order valence-electron chi connectivity index (χ1n) is 9.33. The summed E-state index contributed by atoms with van der Waals surface area (Å²) in [7, 11) is 0. The molecule has 1 aromatic heterocycles. The van der Waals surface area contributed by atoms with Gasteiger partial charge >= 0.3 is 0 Å². The van der Waals surface area contributed by atoms with Crippen molar-refractivity contribution in [2.75, 3.05) is 38.0 Å². The first-order chi connectivity index (χ1) is 13.0. The Morgan fingerprint density at radius 1 is 1.00 bits per heavy atom. The van der Waals surface area contributed by atoms with E-state index in [1.807, 2.05) is 36.9 Å². The molecule has 6 heteroatoms. The van der Waals surface area contributed by atoms with Gasteiger partial charge in [-0.1, -0.05) is 13.0 Å². The van der Waals surface area contributed by atoms with Crippen LogP contribution in [0.1, 0.15) is 38.8 Å². The highest BCUT2D eigenvalue weighted by Crippen LogP contribution is 2.16. The molecule has 0 unspecified atom stereocenters. The number of hydrogen-bond donors (Lipinski definition) is 1. The summed E-state index contributed by atoms with van der Waals surface area (Å²) in [5.74, 6) is -0.338. The number of nitrogens with zero attached hydrogens (tertiary/aromatic N) is 3. The molecule has 0 saturated carbocycles. The van der Waals surface area contributed by atoms with Crippen LogP contribution in [0.15, 0.2) is 36.7 Å². The van der Waals surface area contributed by atoms with Gasteiger partial charge in [0.25, 0.3) is 11.8 Å². The Morgan fingerprint density at radius 3 is 2.37 bits per heavy atom. The monoisotopic (exact) mass is 366 g/mol. The third-order valence-corrected chi connectivity index (χ3v) is 5.12. The molecule has 1 fully saturated rings. The fourth-order valence-corrected chi connectivity index (χ4v) is 3.15. The number of benzene rings is 1. The minimum absolute atomic E-state index is 0.0703. The van der Waals surface area contributed by atoms with Crippen molar-refractivity contribution >= 4 is 17.5 Å². The third kappa shape index (κ3) is 4.52. The molecule has 0 aliphatic carbocycles. The minimum Gasteiger partial charge on any atom is -0.336 e. The Hall–Kier alpha value is -2.73. The van der Waals surface area contributed by atoms with E-state index in [0.717, 1.165) is 30.9 Å². The van der Waals surface area contributed by atoms with Gasteiger partial charge in [-0.2, -0.15) is 0 Å². The Labute approximate surface area is 160 Å². The maximum absolute atomic E-state index is 12.7. The SMILES string of the molecule is CCN1CCN(C(=O)c2cncc(C(=O)Nc3ccc(C)c(C)c3)c2)CC1. The van der Waals surface area contributed by atoms with E-state index in [4.69, 9.17) is 0 Å². The molecule has 3 rings (SSSR count). The van der Waals surface area contributed by atoms with E-state index in [9.17, 15) is 9.59 Å². The van der Waals surface area contributed by atoms with Crippen molar-refractivity contribution in [2.24, 2.45) is 0 Å². The van der Waals surface area contributed by atoms with Gasteiger partial charge < -0.3 is 15.1 Å². The molecule has 1 aromatic carbocycles. The second kappa shape index (κ2) is 8.31. The highest BCUT2D eigenvalue weighted by Gasteiger charge is 2.22. The van der Waals surface area contributed by atoms with Crippen molar-refractivity contribution in [3.8, 4) is 0 Å². The second-order valence-electron chi connectivity index (χ2n) is 6.94. The number of hydrogen-bond acceptors (Lipinski definition) is 4. The van der Waals surface area contributed by atoms with E-state index < -0.39 is 0 Å². The Balaban J connectivity index is 1.70. The summed E-state index contributed by atoms with van der Waals surface area (Å²) in [4.78, 5) is 33.6. The average Bonchev–Trinajstić information content (AvgIpc) is 2.70. The predicted molar refractivity (Wildman–Crippen MR) is 106 cm³/mol. The molecule has 142 valence electrons. The van der Waals surface area contributed by atoms with Gasteiger partial charge in [0.15, 0.2) is 0 Å². The number of aryl methyl sites for hydroxylation is 2. The largest absolute Gasteiger partial charge is 0.336 e. The average molecular weight is 366 g/mol. The van der Waals surface area contributed by atoms with Crippen molar-refractivity contribution < 1.29 is 9.59 Å². The molecular weight excluding hydrogens is 340 g/mol. The van der Waals surface area contributed by atoms with Crippen molar-refractivity contribution in [3.63, 3.8) is 0 Å². The summed E-state index contributed by atoms with van der Waals surface area (Å²) in [6, 6.07) is 7.40. The van der Waals surface area contributed by atoms with Crippen LogP contribution in [0.4, 0.5) is 5.69 Å². The van der Waals surface area contributed by atoms with Gasteiger partial charge in [-0.25, -0.2) is 0 Å². The van der Waals surface area contributed by atoms with E-state index >= 15 is 0 Å². The van der Waals surface area contributed by atoms with Gasteiger partial charge in [-0.05, 0) is 49.7 Å². The standard InChI is InChI=1S/C21H26N4O2/c1-4-24-7-9-25(10-8-24)21(27)18-12-17(13-22-14-18)20(26)23-19-6-5-15(2)16(3)11-19/h5-6,11-14H,4,7-10H2,1-3H3,(H,23,26). The molecule has 0 spiro atoms. The zero-order valence-electron chi connectivity index (χ0n) is 16.2. The summed E-state index contributed by atoms with van der Waals surface area (Å²) in [6.45, 7) is 10.3. The van der Waals surface area contributed by atoms with E-state index in [0.29, 0.717) is 24.2 Å². The van der Waals surface area contributed by atoms with Crippen molar-refractivity contribution in [1.82, 2.24) is 14.8 Å². The minimum atomic E-state index is -0.267. The maximum Gasteiger partial charge on any atom is 0.257 e. The molecular formula is C21H26N4O2. The highest BCUT2D eigenvalue weighted by molar-refractivity contribution is 6.05. The van der Waals surface area contributed by atoms with E-state index in [-0.39, 0.29) is 11.8 Å². The summed E-state index contributed by atoms with van der Waals surface area (Å²) in [5, 5.41) is 2.87. The number of aromatic nitrogens is 1. The molecule has 2 heterocycles. The third-order valence-electron chi connectivity index (χ3n) is 5.12. The molecule has 27 heavy (non-hydrogen) atoms.